The van der Waals surface area contributed by atoms with Crippen molar-refractivity contribution < 1.29 is 9.53 Å². The number of benzene rings is 2. The maximum absolute atomic E-state index is 11.9. The van der Waals surface area contributed by atoms with Gasteiger partial charge in [-0.25, -0.2) is 5.43 Å². The zero-order valence-electron chi connectivity index (χ0n) is 13.8. The topological polar surface area (TPSA) is 63.6 Å². The molecule has 0 saturated heterocycles. The van der Waals surface area contributed by atoms with E-state index in [1.165, 1.54) is 6.21 Å². The van der Waals surface area contributed by atoms with Crippen LogP contribution >= 0.6 is 11.6 Å². The number of hydrazone groups is 1. The van der Waals surface area contributed by atoms with Gasteiger partial charge in [0.2, 0.25) is 0 Å². The van der Waals surface area contributed by atoms with Crippen molar-refractivity contribution >= 4 is 23.7 Å². The third kappa shape index (κ3) is 4.91. The first-order valence-electron chi connectivity index (χ1n) is 7.92. The standard InChI is InChI=1S/C20H16ClN3O2/c21-18-12-16(13-23-24-20(25)17-8-10-22-11-9-17)6-7-19(18)26-14-15-4-2-1-3-5-15/h1-13H,14H2,(H,24,25)/b23-13-. The first-order valence-corrected chi connectivity index (χ1v) is 8.30. The van der Waals surface area contributed by atoms with E-state index in [0.717, 1.165) is 11.1 Å². The first kappa shape index (κ1) is 17.6. The lowest BCUT2D eigenvalue weighted by Crippen LogP contribution is -2.17. The van der Waals surface area contributed by atoms with Crippen LogP contribution in [0.5, 0.6) is 5.75 Å². The number of rotatable bonds is 6. The number of ether oxygens (including phenoxy) is 1. The summed E-state index contributed by atoms with van der Waals surface area (Å²) in [6.45, 7) is 0.440. The van der Waals surface area contributed by atoms with Crippen molar-refractivity contribution in [1.29, 1.82) is 0 Å². The molecule has 0 atom stereocenters. The summed E-state index contributed by atoms with van der Waals surface area (Å²) in [5.74, 6) is 0.283. The number of hydrogen-bond acceptors (Lipinski definition) is 4. The van der Waals surface area contributed by atoms with Crippen LogP contribution in [-0.4, -0.2) is 17.1 Å². The molecule has 5 nitrogen and oxygen atoms in total. The van der Waals surface area contributed by atoms with Crippen LogP contribution in [0.25, 0.3) is 0 Å². The van der Waals surface area contributed by atoms with Gasteiger partial charge in [0.25, 0.3) is 5.91 Å². The number of carbonyl (C=O) groups excluding carboxylic acids is 1. The molecule has 0 bridgehead atoms. The smallest absolute Gasteiger partial charge is 0.271 e. The highest BCUT2D eigenvalue weighted by atomic mass is 35.5. The molecule has 1 amide bonds. The van der Waals surface area contributed by atoms with Crippen LogP contribution in [0, 0.1) is 0 Å². The number of halogens is 1. The van der Waals surface area contributed by atoms with Gasteiger partial charge in [-0.2, -0.15) is 5.10 Å². The lowest BCUT2D eigenvalue weighted by molar-refractivity contribution is 0.0955. The lowest BCUT2D eigenvalue weighted by atomic mass is 10.2. The van der Waals surface area contributed by atoms with Gasteiger partial charge in [0.15, 0.2) is 0 Å². The van der Waals surface area contributed by atoms with Gasteiger partial charge < -0.3 is 4.74 Å². The molecule has 1 heterocycles. The Morgan fingerprint density at radius 3 is 2.62 bits per heavy atom. The Hall–Kier alpha value is -3.18. The van der Waals surface area contributed by atoms with Gasteiger partial charge in [0.05, 0.1) is 11.2 Å². The molecule has 0 aliphatic carbocycles. The summed E-state index contributed by atoms with van der Waals surface area (Å²) in [5.41, 5.74) is 4.75. The van der Waals surface area contributed by atoms with Crippen molar-refractivity contribution in [2.75, 3.05) is 0 Å². The highest BCUT2D eigenvalue weighted by molar-refractivity contribution is 6.32. The van der Waals surface area contributed by atoms with Crippen LogP contribution in [-0.2, 0) is 6.61 Å². The fourth-order valence-corrected chi connectivity index (χ4v) is 2.43. The third-order valence-corrected chi connectivity index (χ3v) is 3.81. The zero-order valence-corrected chi connectivity index (χ0v) is 14.6. The van der Waals surface area contributed by atoms with Crippen LogP contribution < -0.4 is 10.2 Å². The first-order chi connectivity index (χ1) is 12.7. The second-order valence-corrected chi connectivity index (χ2v) is 5.81. The summed E-state index contributed by atoms with van der Waals surface area (Å²) < 4.78 is 5.73. The van der Waals surface area contributed by atoms with Gasteiger partial charge in [-0.15, -0.1) is 0 Å². The third-order valence-electron chi connectivity index (χ3n) is 3.52. The van der Waals surface area contributed by atoms with Gasteiger partial charge in [-0.3, -0.25) is 9.78 Å². The highest BCUT2D eigenvalue weighted by Gasteiger charge is 2.04. The van der Waals surface area contributed by atoms with Crippen LogP contribution in [0.15, 0.2) is 78.2 Å². The highest BCUT2D eigenvalue weighted by Crippen LogP contribution is 2.25. The normalized spacial score (nSPS) is 10.7. The van der Waals surface area contributed by atoms with Gasteiger partial charge in [0, 0.05) is 18.0 Å². The molecule has 0 fully saturated rings. The molecular weight excluding hydrogens is 350 g/mol. The SMILES string of the molecule is O=C(N/N=C\c1ccc(OCc2ccccc2)c(Cl)c1)c1ccncc1. The molecule has 0 aliphatic heterocycles. The van der Waals surface area contributed by atoms with E-state index >= 15 is 0 Å². The van der Waals surface area contributed by atoms with Crippen LogP contribution in [0.2, 0.25) is 5.02 Å². The lowest BCUT2D eigenvalue weighted by Gasteiger charge is -2.08. The number of nitrogens with one attached hydrogen (secondary N) is 1. The van der Waals surface area contributed by atoms with Crippen molar-refractivity contribution in [2.45, 2.75) is 6.61 Å². The molecule has 1 N–H and O–H groups in total. The van der Waals surface area contributed by atoms with E-state index in [1.807, 2.05) is 36.4 Å². The molecule has 1 aromatic heterocycles. The summed E-state index contributed by atoms with van der Waals surface area (Å²) >= 11 is 6.25. The van der Waals surface area contributed by atoms with Crippen LogP contribution in [0.1, 0.15) is 21.5 Å². The predicted octanol–water partition coefficient (Wildman–Crippen LogP) is 4.08. The Bertz CT molecular complexity index is 899. The molecule has 0 unspecified atom stereocenters. The number of hydrogen-bond donors (Lipinski definition) is 1. The second kappa shape index (κ2) is 8.78. The maximum Gasteiger partial charge on any atom is 0.271 e. The van der Waals surface area contributed by atoms with Gasteiger partial charge in [-0.1, -0.05) is 41.9 Å². The molecule has 0 radical (unpaired) electrons. The Labute approximate surface area is 156 Å². The van der Waals surface area contributed by atoms with E-state index in [4.69, 9.17) is 16.3 Å². The Morgan fingerprint density at radius 1 is 1.12 bits per heavy atom. The Kier molecular flexibility index (Phi) is 5.96. The van der Waals surface area contributed by atoms with E-state index < -0.39 is 0 Å². The van der Waals surface area contributed by atoms with Gasteiger partial charge in [-0.05, 0) is 41.5 Å². The minimum absolute atomic E-state index is 0.308. The number of nitrogens with zero attached hydrogens (tertiary/aromatic N) is 2. The van der Waals surface area contributed by atoms with Crippen molar-refractivity contribution in [3.8, 4) is 5.75 Å². The largest absolute Gasteiger partial charge is 0.487 e. The molecule has 0 spiro atoms. The van der Waals surface area contributed by atoms with Gasteiger partial charge >= 0.3 is 0 Å². The summed E-state index contributed by atoms with van der Waals surface area (Å²) in [7, 11) is 0. The summed E-state index contributed by atoms with van der Waals surface area (Å²) in [4.78, 5) is 15.7. The molecule has 130 valence electrons. The average Bonchev–Trinajstić information content (AvgIpc) is 2.69. The Morgan fingerprint density at radius 2 is 1.88 bits per heavy atom. The second-order valence-electron chi connectivity index (χ2n) is 5.40. The minimum atomic E-state index is -0.308. The van der Waals surface area contributed by atoms with E-state index in [0.29, 0.717) is 22.9 Å². The quantitative estimate of drug-likeness (QED) is 0.529. The molecular formula is C20H16ClN3O2. The number of aromatic nitrogens is 1. The maximum atomic E-state index is 11.9. The van der Waals surface area contributed by atoms with E-state index in [-0.39, 0.29) is 5.91 Å². The van der Waals surface area contributed by atoms with Crippen molar-refractivity contribution in [1.82, 2.24) is 10.4 Å². The molecule has 3 aromatic rings. The predicted molar refractivity (Wildman–Crippen MR) is 102 cm³/mol. The molecule has 6 heteroatoms. The molecule has 2 aromatic carbocycles. The molecule has 0 saturated carbocycles. The van der Waals surface area contributed by atoms with E-state index in [1.54, 1.807) is 36.7 Å². The fraction of sp³-hybridized carbons (Fsp3) is 0.0500. The average molecular weight is 366 g/mol. The number of amides is 1. The van der Waals surface area contributed by atoms with E-state index in [2.05, 4.69) is 15.5 Å². The molecule has 0 aliphatic rings. The fourth-order valence-electron chi connectivity index (χ4n) is 2.18. The monoisotopic (exact) mass is 365 g/mol. The van der Waals surface area contributed by atoms with Crippen molar-refractivity contribution in [2.24, 2.45) is 5.10 Å². The van der Waals surface area contributed by atoms with E-state index in [9.17, 15) is 4.79 Å². The van der Waals surface area contributed by atoms with Crippen LogP contribution in [0.4, 0.5) is 0 Å². The molecule has 3 rings (SSSR count). The zero-order chi connectivity index (χ0) is 18.2. The van der Waals surface area contributed by atoms with Crippen molar-refractivity contribution in [3.63, 3.8) is 0 Å². The number of pyridine rings is 1. The van der Waals surface area contributed by atoms with Gasteiger partial charge in [0.1, 0.15) is 12.4 Å². The Balaban J connectivity index is 1.58. The minimum Gasteiger partial charge on any atom is -0.487 e. The van der Waals surface area contributed by atoms with Crippen molar-refractivity contribution in [3.05, 3.63) is 94.8 Å². The summed E-state index contributed by atoms with van der Waals surface area (Å²) in [5, 5.41) is 4.42. The van der Waals surface area contributed by atoms with Crippen LogP contribution in [0.3, 0.4) is 0 Å². The summed E-state index contributed by atoms with van der Waals surface area (Å²) in [6, 6.07) is 18.4. The summed E-state index contributed by atoms with van der Waals surface area (Å²) in [6.07, 6.45) is 4.62. The number of carbonyl (C=O) groups is 1. The molecule has 26 heavy (non-hydrogen) atoms.